The van der Waals surface area contributed by atoms with Crippen LogP contribution in [0.3, 0.4) is 0 Å². The molecule has 0 atom stereocenters. The molecule has 0 aliphatic carbocycles. The Hall–Kier alpha value is -2.50. The first-order chi connectivity index (χ1) is 10.1. The third-order valence-electron chi connectivity index (χ3n) is 2.89. The zero-order chi connectivity index (χ0) is 15.2. The van der Waals surface area contributed by atoms with E-state index in [1.165, 1.54) is 18.2 Å². The molecule has 2 rings (SSSR count). The van der Waals surface area contributed by atoms with Gasteiger partial charge in [0.15, 0.2) is 5.69 Å². The van der Waals surface area contributed by atoms with Crippen molar-refractivity contribution in [1.29, 1.82) is 0 Å². The van der Waals surface area contributed by atoms with Crippen molar-refractivity contribution < 1.29 is 9.18 Å². The SMILES string of the molecule is CCCNc1ccc(C(=O)Nc2ccc(F)cc2C)nn1. The van der Waals surface area contributed by atoms with Crippen LogP contribution in [-0.2, 0) is 0 Å². The van der Waals surface area contributed by atoms with Crippen molar-refractivity contribution in [2.24, 2.45) is 0 Å². The lowest BCUT2D eigenvalue weighted by Gasteiger charge is -2.08. The van der Waals surface area contributed by atoms with Crippen molar-refractivity contribution in [2.75, 3.05) is 17.2 Å². The Morgan fingerprint density at radius 2 is 2.05 bits per heavy atom. The Bertz CT molecular complexity index is 628. The van der Waals surface area contributed by atoms with Gasteiger partial charge in [0.2, 0.25) is 0 Å². The Morgan fingerprint density at radius 1 is 1.24 bits per heavy atom. The number of aryl methyl sites for hydroxylation is 1. The van der Waals surface area contributed by atoms with E-state index in [9.17, 15) is 9.18 Å². The fraction of sp³-hybridized carbons (Fsp3) is 0.267. The predicted molar refractivity (Wildman–Crippen MR) is 79.9 cm³/mol. The molecule has 0 aliphatic heterocycles. The maximum absolute atomic E-state index is 13.0. The standard InChI is InChI=1S/C15H17FN4O/c1-3-8-17-14-7-6-13(19-20-14)15(21)18-12-5-4-11(16)9-10(12)2/h4-7,9H,3,8H2,1-2H3,(H,17,20)(H,18,21). The van der Waals surface area contributed by atoms with Crippen LogP contribution in [0.4, 0.5) is 15.9 Å². The van der Waals surface area contributed by atoms with Gasteiger partial charge in [-0.3, -0.25) is 4.79 Å². The summed E-state index contributed by atoms with van der Waals surface area (Å²) in [5, 5.41) is 13.6. The molecule has 0 aliphatic rings. The summed E-state index contributed by atoms with van der Waals surface area (Å²) in [6, 6.07) is 7.48. The molecule has 1 aromatic carbocycles. The summed E-state index contributed by atoms with van der Waals surface area (Å²) < 4.78 is 13.0. The van der Waals surface area contributed by atoms with Crippen LogP contribution >= 0.6 is 0 Å². The maximum Gasteiger partial charge on any atom is 0.276 e. The van der Waals surface area contributed by atoms with Gasteiger partial charge in [-0.25, -0.2) is 4.39 Å². The average molecular weight is 288 g/mol. The maximum atomic E-state index is 13.0. The van der Waals surface area contributed by atoms with Gasteiger partial charge in [-0.05, 0) is 49.2 Å². The number of aromatic nitrogens is 2. The number of hydrogen-bond acceptors (Lipinski definition) is 4. The topological polar surface area (TPSA) is 66.9 Å². The number of hydrogen-bond donors (Lipinski definition) is 2. The second kappa shape index (κ2) is 6.78. The van der Waals surface area contributed by atoms with Gasteiger partial charge in [-0.2, -0.15) is 0 Å². The second-order valence-corrected chi connectivity index (χ2v) is 4.64. The van der Waals surface area contributed by atoms with Gasteiger partial charge in [0.05, 0.1) is 0 Å². The molecule has 0 spiro atoms. The molecule has 0 saturated carbocycles. The third kappa shape index (κ3) is 3.98. The lowest BCUT2D eigenvalue weighted by atomic mass is 10.2. The number of carbonyl (C=O) groups is 1. The molecule has 1 heterocycles. The normalized spacial score (nSPS) is 10.2. The molecule has 0 unspecified atom stereocenters. The van der Waals surface area contributed by atoms with Gasteiger partial charge < -0.3 is 10.6 Å². The summed E-state index contributed by atoms with van der Waals surface area (Å²) in [5.74, 6) is -0.0812. The summed E-state index contributed by atoms with van der Waals surface area (Å²) >= 11 is 0. The Labute approximate surface area is 122 Å². The Morgan fingerprint density at radius 3 is 2.67 bits per heavy atom. The first-order valence-corrected chi connectivity index (χ1v) is 6.75. The van der Waals surface area contributed by atoms with Crippen LogP contribution in [0.2, 0.25) is 0 Å². The molecule has 21 heavy (non-hydrogen) atoms. The zero-order valence-electron chi connectivity index (χ0n) is 12.0. The van der Waals surface area contributed by atoms with Gasteiger partial charge in [0.1, 0.15) is 11.6 Å². The average Bonchev–Trinajstić information content (AvgIpc) is 2.48. The summed E-state index contributed by atoms with van der Waals surface area (Å²) in [4.78, 5) is 12.0. The minimum Gasteiger partial charge on any atom is -0.369 e. The van der Waals surface area contributed by atoms with Crippen molar-refractivity contribution in [3.05, 3.63) is 47.4 Å². The van der Waals surface area contributed by atoms with Crippen LogP contribution < -0.4 is 10.6 Å². The van der Waals surface area contributed by atoms with Gasteiger partial charge in [0.25, 0.3) is 5.91 Å². The number of benzene rings is 1. The highest BCUT2D eigenvalue weighted by molar-refractivity contribution is 6.03. The smallest absolute Gasteiger partial charge is 0.276 e. The van der Waals surface area contributed by atoms with E-state index in [-0.39, 0.29) is 17.4 Å². The summed E-state index contributed by atoms with van der Waals surface area (Å²) in [5.41, 5.74) is 1.41. The third-order valence-corrected chi connectivity index (χ3v) is 2.89. The van der Waals surface area contributed by atoms with Crippen molar-refractivity contribution in [3.8, 4) is 0 Å². The molecule has 0 saturated heterocycles. The number of anilines is 2. The number of rotatable bonds is 5. The minimum absolute atomic E-state index is 0.209. The largest absolute Gasteiger partial charge is 0.369 e. The van der Waals surface area contributed by atoms with Crippen LogP contribution in [0, 0.1) is 12.7 Å². The van der Waals surface area contributed by atoms with Gasteiger partial charge in [0, 0.05) is 12.2 Å². The molecule has 1 aromatic heterocycles. The van der Waals surface area contributed by atoms with Gasteiger partial charge in [-0.1, -0.05) is 6.92 Å². The van der Waals surface area contributed by atoms with Crippen molar-refractivity contribution in [2.45, 2.75) is 20.3 Å². The number of nitrogens with zero attached hydrogens (tertiary/aromatic N) is 2. The highest BCUT2D eigenvalue weighted by Crippen LogP contribution is 2.16. The zero-order valence-corrected chi connectivity index (χ0v) is 12.0. The quantitative estimate of drug-likeness (QED) is 0.887. The van der Waals surface area contributed by atoms with Crippen molar-refractivity contribution in [1.82, 2.24) is 10.2 Å². The fourth-order valence-corrected chi connectivity index (χ4v) is 1.75. The van der Waals surface area contributed by atoms with Crippen LogP contribution in [-0.4, -0.2) is 22.6 Å². The summed E-state index contributed by atoms with van der Waals surface area (Å²) in [6.07, 6.45) is 0.980. The van der Waals surface area contributed by atoms with E-state index < -0.39 is 0 Å². The molecule has 110 valence electrons. The van der Waals surface area contributed by atoms with Crippen LogP contribution in [0.1, 0.15) is 29.4 Å². The number of carbonyl (C=O) groups excluding carboxylic acids is 1. The lowest BCUT2D eigenvalue weighted by molar-refractivity contribution is 0.102. The molecular weight excluding hydrogens is 271 g/mol. The molecule has 0 radical (unpaired) electrons. The molecule has 2 aromatic rings. The van der Waals surface area contributed by atoms with Gasteiger partial charge >= 0.3 is 0 Å². The van der Waals surface area contributed by atoms with Crippen LogP contribution in [0.25, 0.3) is 0 Å². The monoisotopic (exact) mass is 288 g/mol. The van der Waals surface area contributed by atoms with Gasteiger partial charge in [-0.15, -0.1) is 10.2 Å². The predicted octanol–water partition coefficient (Wildman–Crippen LogP) is 3.00. The van der Waals surface area contributed by atoms with Crippen molar-refractivity contribution >= 4 is 17.4 Å². The van der Waals surface area contributed by atoms with E-state index in [4.69, 9.17) is 0 Å². The first kappa shape index (κ1) is 14.9. The van der Waals surface area contributed by atoms with Crippen molar-refractivity contribution in [3.63, 3.8) is 0 Å². The van der Waals surface area contributed by atoms with Crippen LogP contribution in [0.5, 0.6) is 0 Å². The molecule has 2 N–H and O–H groups in total. The Balaban J connectivity index is 2.06. The number of halogens is 1. The van der Waals surface area contributed by atoms with E-state index in [1.54, 1.807) is 19.1 Å². The molecule has 0 fully saturated rings. The first-order valence-electron chi connectivity index (χ1n) is 6.75. The number of nitrogens with one attached hydrogen (secondary N) is 2. The van der Waals surface area contributed by atoms with E-state index in [0.717, 1.165) is 13.0 Å². The summed E-state index contributed by atoms with van der Waals surface area (Å²) in [6.45, 7) is 4.57. The highest BCUT2D eigenvalue weighted by Gasteiger charge is 2.10. The molecular formula is C15H17FN4O. The van der Waals surface area contributed by atoms with E-state index >= 15 is 0 Å². The van der Waals surface area contributed by atoms with E-state index in [1.807, 2.05) is 6.92 Å². The molecule has 0 bridgehead atoms. The Kier molecular flexibility index (Phi) is 4.81. The van der Waals surface area contributed by atoms with E-state index in [2.05, 4.69) is 20.8 Å². The summed E-state index contributed by atoms with van der Waals surface area (Å²) in [7, 11) is 0. The molecule has 5 nitrogen and oxygen atoms in total. The highest BCUT2D eigenvalue weighted by atomic mass is 19.1. The second-order valence-electron chi connectivity index (χ2n) is 4.64. The lowest BCUT2D eigenvalue weighted by Crippen LogP contribution is -2.15. The van der Waals surface area contributed by atoms with Crippen LogP contribution in [0.15, 0.2) is 30.3 Å². The minimum atomic E-state index is -0.376. The number of amides is 1. The fourth-order valence-electron chi connectivity index (χ4n) is 1.75. The molecule has 6 heteroatoms. The van der Waals surface area contributed by atoms with E-state index in [0.29, 0.717) is 17.1 Å². The molecule has 1 amide bonds.